The van der Waals surface area contributed by atoms with Crippen LogP contribution in [0.5, 0.6) is 0 Å². The van der Waals surface area contributed by atoms with Gasteiger partial charge in [0, 0.05) is 17.2 Å². The standard InChI is InChI=1S/C16H18Cl2/c1-12-5-3-4-6-14(12)15-9-16(2,11-18)8-7-13(15)10-17/h3-7,9H,8,10-11H2,1-2H3. The van der Waals surface area contributed by atoms with Crippen LogP contribution in [0.3, 0.4) is 0 Å². The Morgan fingerprint density at radius 1 is 1.22 bits per heavy atom. The molecule has 2 rings (SSSR count). The van der Waals surface area contributed by atoms with Crippen molar-refractivity contribution in [1.29, 1.82) is 0 Å². The van der Waals surface area contributed by atoms with E-state index in [-0.39, 0.29) is 5.41 Å². The Morgan fingerprint density at radius 2 is 1.94 bits per heavy atom. The fourth-order valence-corrected chi connectivity index (χ4v) is 2.75. The second-order valence-electron chi connectivity index (χ2n) is 5.23. The first kappa shape index (κ1) is 13.7. The number of hydrogen-bond donors (Lipinski definition) is 0. The van der Waals surface area contributed by atoms with Crippen LogP contribution in [0.1, 0.15) is 24.5 Å². The molecular formula is C16H18Cl2. The number of aryl methyl sites for hydroxylation is 1. The molecule has 0 fully saturated rings. The van der Waals surface area contributed by atoms with Gasteiger partial charge in [-0.25, -0.2) is 0 Å². The Balaban J connectivity index is 2.51. The molecular weight excluding hydrogens is 263 g/mol. The van der Waals surface area contributed by atoms with E-state index in [4.69, 9.17) is 23.2 Å². The second-order valence-corrected chi connectivity index (χ2v) is 5.76. The van der Waals surface area contributed by atoms with Gasteiger partial charge in [-0.15, -0.1) is 23.2 Å². The third kappa shape index (κ3) is 2.65. The van der Waals surface area contributed by atoms with Gasteiger partial charge < -0.3 is 0 Å². The molecule has 2 heteroatoms. The van der Waals surface area contributed by atoms with E-state index in [1.165, 1.54) is 22.3 Å². The van der Waals surface area contributed by atoms with E-state index in [0.717, 1.165) is 6.42 Å². The Labute approximate surface area is 119 Å². The number of alkyl halides is 2. The van der Waals surface area contributed by atoms with E-state index in [9.17, 15) is 0 Å². The molecule has 0 aliphatic heterocycles. The van der Waals surface area contributed by atoms with Gasteiger partial charge >= 0.3 is 0 Å². The van der Waals surface area contributed by atoms with Gasteiger partial charge in [-0.2, -0.15) is 0 Å². The first-order valence-electron chi connectivity index (χ1n) is 6.20. The quantitative estimate of drug-likeness (QED) is 0.669. The smallest absolute Gasteiger partial charge is 0.0476 e. The minimum absolute atomic E-state index is 0.0364. The van der Waals surface area contributed by atoms with Gasteiger partial charge in [0.2, 0.25) is 0 Å². The monoisotopic (exact) mass is 280 g/mol. The highest BCUT2D eigenvalue weighted by atomic mass is 35.5. The zero-order valence-corrected chi connectivity index (χ0v) is 12.4. The molecule has 18 heavy (non-hydrogen) atoms. The molecule has 1 atom stereocenters. The molecule has 0 saturated carbocycles. The fourth-order valence-electron chi connectivity index (χ4n) is 2.31. The molecule has 1 aromatic carbocycles. The second kappa shape index (κ2) is 5.50. The van der Waals surface area contributed by atoms with Crippen molar-refractivity contribution >= 4 is 28.8 Å². The van der Waals surface area contributed by atoms with Crippen LogP contribution in [0.25, 0.3) is 5.57 Å². The van der Waals surface area contributed by atoms with Crippen LogP contribution < -0.4 is 0 Å². The summed E-state index contributed by atoms with van der Waals surface area (Å²) in [6.07, 6.45) is 5.49. The molecule has 0 saturated heterocycles. The number of benzene rings is 1. The maximum Gasteiger partial charge on any atom is 0.0476 e. The van der Waals surface area contributed by atoms with Gasteiger partial charge in [0.25, 0.3) is 0 Å². The summed E-state index contributed by atoms with van der Waals surface area (Å²) in [7, 11) is 0. The lowest BCUT2D eigenvalue weighted by molar-refractivity contribution is 0.492. The summed E-state index contributed by atoms with van der Waals surface area (Å²) in [5, 5.41) is 0. The van der Waals surface area contributed by atoms with E-state index in [0.29, 0.717) is 11.8 Å². The van der Waals surface area contributed by atoms with Gasteiger partial charge in [0.1, 0.15) is 0 Å². The third-order valence-corrected chi connectivity index (χ3v) is 4.44. The number of rotatable bonds is 3. The van der Waals surface area contributed by atoms with Crippen molar-refractivity contribution in [2.45, 2.75) is 20.3 Å². The molecule has 1 aliphatic rings. The Morgan fingerprint density at radius 3 is 2.56 bits per heavy atom. The fraction of sp³-hybridized carbons (Fsp3) is 0.375. The summed E-state index contributed by atoms with van der Waals surface area (Å²) in [4.78, 5) is 0. The van der Waals surface area contributed by atoms with E-state index in [1.807, 2.05) is 0 Å². The normalized spacial score (nSPS) is 23.6. The predicted molar refractivity (Wildman–Crippen MR) is 81.4 cm³/mol. The van der Waals surface area contributed by atoms with Crippen LogP contribution in [-0.4, -0.2) is 11.8 Å². The molecule has 0 heterocycles. The topological polar surface area (TPSA) is 0 Å². The van der Waals surface area contributed by atoms with E-state index < -0.39 is 0 Å². The molecule has 0 bridgehead atoms. The van der Waals surface area contributed by atoms with Crippen molar-refractivity contribution in [3.05, 3.63) is 53.1 Å². The molecule has 0 N–H and O–H groups in total. The van der Waals surface area contributed by atoms with Crippen molar-refractivity contribution in [1.82, 2.24) is 0 Å². The Kier molecular flexibility index (Phi) is 4.19. The SMILES string of the molecule is Cc1ccccc1C1=CC(C)(CCl)CC=C1CCl. The molecule has 96 valence electrons. The summed E-state index contributed by atoms with van der Waals surface area (Å²) in [6.45, 7) is 4.33. The minimum Gasteiger partial charge on any atom is -0.126 e. The lowest BCUT2D eigenvalue weighted by Gasteiger charge is -2.29. The number of allylic oxidation sites excluding steroid dienone is 4. The van der Waals surface area contributed by atoms with Crippen LogP contribution in [0.2, 0.25) is 0 Å². The lowest BCUT2D eigenvalue weighted by Crippen LogP contribution is -2.19. The van der Waals surface area contributed by atoms with Gasteiger partial charge in [-0.3, -0.25) is 0 Å². The van der Waals surface area contributed by atoms with Crippen molar-refractivity contribution in [3.8, 4) is 0 Å². The largest absolute Gasteiger partial charge is 0.126 e. The lowest BCUT2D eigenvalue weighted by atomic mass is 9.78. The maximum absolute atomic E-state index is 6.10. The average Bonchev–Trinajstić information content (AvgIpc) is 2.39. The average molecular weight is 281 g/mol. The van der Waals surface area contributed by atoms with Gasteiger partial charge in [0.15, 0.2) is 0 Å². The van der Waals surface area contributed by atoms with Crippen molar-refractivity contribution in [2.75, 3.05) is 11.8 Å². The van der Waals surface area contributed by atoms with Gasteiger partial charge in [0.05, 0.1) is 0 Å². The highest BCUT2D eigenvalue weighted by molar-refractivity contribution is 6.21. The summed E-state index contributed by atoms with van der Waals surface area (Å²) >= 11 is 12.2. The Hall–Kier alpha value is -0.720. The Bertz CT molecular complexity index is 500. The van der Waals surface area contributed by atoms with Crippen LogP contribution in [0.15, 0.2) is 42.0 Å². The highest BCUT2D eigenvalue weighted by Crippen LogP contribution is 2.39. The predicted octanol–water partition coefficient (Wildman–Crippen LogP) is 5.19. The third-order valence-electron chi connectivity index (χ3n) is 3.54. The maximum atomic E-state index is 6.10. The molecule has 1 aliphatic carbocycles. The summed E-state index contributed by atoms with van der Waals surface area (Å²) in [5.74, 6) is 1.19. The summed E-state index contributed by atoms with van der Waals surface area (Å²) in [5.41, 5.74) is 5.04. The van der Waals surface area contributed by atoms with Crippen LogP contribution in [-0.2, 0) is 0 Å². The van der Waals surface area contributed by atoms with Gasteiger partial charge in [-0.05, 0) is 35.6 Å². The zero-order chi connectivity index (χ0) is 13.2. The number of hydrogen-bond acceptors (Lipinski definition) is 0. The summed E-state index contributed by atoms with van der Waals surface area (Å²) in [6, 6.07) is 8.42. The molecule has 0 radical (unpaired) electrons. The van der Waals surface area contributed by atoms with Crippen LogP contribution >= 0.6 is 23.2 Å². The first-order chi connectivity index (χ1) is 8.59. The van der Waals surface area contributed by atoms with Crippen LogP contribution in [0, 0.1) is 12.3 Å². The van der Waals surface area contributed by atoms with E-state index in [2.05, 4.69) is 50.3 Å². The van der Waals surface area contributed by atoms with E-state index >= 15 is 0 Å². The molecule has 1 unspecified atom stereocenters. The van der Waals surface area contributed by atoms with E-state index in [1.54, 1.807) is 0 Å². The number of halogens is 2. The zero-order valence-electron chi connectivity index (χ0n) is 10.8. The molecule has 0 nitrogen and oxygen atoms in total. The summed E-state index contributed by atoms with van der Waals surface area (Å²) < 4.78 is 0. The first-order valence-corrected chi connectivity index (χ1v) is 7.27. The van der Waals surface area contributed by atoms with Crippen molar-refractivity contribution in [3.63, 3.8) is 0 Å². The van der Waals surface area contributed by atoms with Gasteiger partial charge in [-0.1, -0.05) is 43.3 Å². The minimum atomic E-state index is 0.0364. The molecule has 0 aromatic heterocycles. The highest BCUT2D eigenvalue weighted by Gasteiger charge is 2.26. The van der Waals surface area contributed by atoms with Crippen LogP contribution in [0.4, 0.5) is 0 Å². The molecule has 1 aromatic rings. The molecule has 0 spiro atoms. The van der Waals surface area contributed by atoms with Crippen molar-refractivity contribution < 1.29 is 0 Å². The molecule has 0 amide bonds. The van der Waals surface area contributed by atoms with Crippen molar-refractivity contribution in [2.24, 2.45) is 5.41 Å².